The number of carbonyl (C=O) groups is 1. The Kier molecular flexibility index (Phi) is 2.33. The van der Waals surface area contributed by atoms with Crippen LogP contribution in [0.1, 0.15) is 16.5 Å². The third kappa shape index (κ3) is 1.47. The minimum Gasteiger partial charge on any atom is -0.468 e. The van der Waals surface area contributed by atoms with Crippen LogP contribution in [-0.4, -0.2) is 19.6 Å². The van der Waals surface area contributed by atoms with Crippen LogP contribution in [0.4, 0.5) is 0 Å². The van der Waals surface area contributed by atoms with E-state index in [0.717, 1.165) is 17.8 Å². The molecule has 1 aliphatic rings. The Morgan fingerprint density at radius 3 is 3.38 bits per heavy atom. The Morgan fingerprint density at radius 1 is 1.77 bits per heavy atom. The Hall–Kier alpha value is -0.870. The first-order valence-corrected chi connectivity index (χ1v) is 5.08. The molecule has 0 spiro atoms. The fourth-order valence-electron chi connectivity index (χ4n) is 1.56. The van der Waals surface area contributed by atoms with Crippen LogP contribution >= 0.6 is 11.3 Å². The Labute approximate surface area is 80.7 Å². The largest absolute Gasteiger partial charge is 0.468 e. The van der Waals surface area contributed by atoms with Gasteiger partial charge in [0, 0.05) is 11.4 Å². The van der Waals surface area contributed by atoms with E-state index in [1.54, 1.807) is 11.3 Å². The van der Waals surface area contributed by atoms with Gasteiger partial charge in [-0.05, 0) is 23.4 Å². The van der Waals surface area contributed by atoms with Crippen molar-refractivity contribution in [3.05, 3.63) is 21.9 Å². The molecular weight excluding hydrogens is 186 g/mol. The summed E-state index contributed by atoms with van der Waals surface area (Å²) in [4.78, 5) is 12.5. The third-order valence-electron chi connectivity index (χ3n) is 2.22. The third-order valence-corrected chi connectivity index (χ3v) is 3.25. The van der Waals surface area contributed by atoms with Gasteiger partial charge < -0.3 is 4.74 Å². The van der Waals surface area contributed by atoms with Gasteiger partial charge in [0.25, 0.3) is 0 Å². The monoisotopic (exact) mass is 197 g/mol. The Balaban J connectivity index is 2.30. The van der Waals surface area contributed by atoms with Crippen molar-refractivity contribution in [2.24, 2.45) is 0 Å². The van der Waals surface area contributed by atoms with Crippen molar-refractivity contribution in [2.75, 3.05) is 13.7 Å². The van der Waals surface area contributed by atoms with Crippen LogP contribution in [0, 0.1) is 0 Å². The average molecular weight is 197 g/mol. The molecule has 0 bridgehead atoms. The lowest BCUT2D eigenvalue weighted by atomic mass is 10.0. The van der Waals surface area contributed by atoms with E-state index in [9.17, 15) is 4.79 Å². The molecule has 1 atom stereocenters. The van der Waals surface area contributed by atoms with Gasteiger partial charge in [0.1, 0.15) is 6.04 Å². The molecule has 70 valence electrons. The fourth-order valence-corrected chi connectivity index (χ4v) is 2.58. The van der Waals surface area contributed by atoms with E-state index in [1.807, 2.05) is 5.38 Å². The molecule has 1 aromatic rings. The van der Waals surface area contributed by atoms with E-state index in [-0.39, 0.29) is 12.0 Å². The zero-order chi connectivity index (χ0) is 9.26. The highest BCUT2D eigenvalue weighted by Gasteiger charge is 2.27. The first kappa shape index (κ1) is 8.72. The number of carbonyl (C=O) groups excluding carboxylic acids is 1. The summed E-state index contributed by atoms with van der Waals surface area (Å²) in [5, 5.41) is 5.17. The van der Waals surface area contributed by atoms with Crippen molar-refractivity contribution < 1.29 is 9.53 Å². The van der Waals surface area contributed by atoms with Crippen LogP contribution in [0.25, 0.3) is 0 Å². The molecule has 3 nitrogen and oxygen atoms in total. The van der Waals surface area contributed by atoms with Gasteiger partial charge in [0.2, 0.25) is 0 Å². The maximum Gasteiger partial charge on any atom is 0.328 e. The molecule has 0 saturated heterocycles. The minimum atomic E-state index is -0.242. The number of esters is 1. The van der Waals surface area contributed by atoms with Gasteiger partial charge in [-0.3, -0.25) is 5.32 Å². The summed E-state index contributed by atoms with van der Waals surface area (Å²) in [6, 6.07) is 1.84. The van der Waals surface area contributed by atoms with Gasteiger partial charge >= 0.3 is 5.97 Å². The van der Waals surface area contributed by atoms with Crippen molar-refractivity contribution in [2.45, 2.75) is 12.5 Å². The first-order valence-electron chi connectivity index (χ1n) is 4.20. The summed E-state index contributed by atoms with van der Waals surface area (Å²) in [6.07, 6.45) is 1.01. The number of rotatable bonds is 1. The smallest absolute Gasteiger partial charge is 0.328 e. The molecule has 0 aromatic carbocycles. The normalized spacial score (nSPS) is 20.8. The molecule has 13 heavy (non-hydrogen) atoms. The van der Waals surface area contributed by atoms with Crippen LogP contribution < -0.4 is 5.32 Å². The van der Waals surface area contributed by atoms with Gasteiger partial charge in [-0.1, -0.05) is 0 Å². The molecule has 2 rings (SSSR count). The van der Waals surface area contributed by atoms with Gasteiger partial charge in [0.05, 0.1) is 7.11 Å². The maximum atomic E-state index is 11.3. The molecular formula is C9H11NO2S. The van der Waals surface area contributed by atoms with Crippen LogP contribution in [0.3, 0.4) is 0 Å². The quantitative estimate of drug-likeness (QED) is 0.685. The van der Waals surface area contributed by atoms with Crippen molar-refractivity contribution in [3.8, 4) is 0 Å². The highest BCUT2D eigenvalue weighted by molar-refractivity contribution is 7.10. The number of methoxy groups -OCH3 is 1. The molecule has 0 amide bonds. The summed E-state index contributed by atoms with van der Waals surface area (Å²) >= 11 is 1.61. The van der Waals surface area contributed by atoms with E-state index >= 15 is 0 Å². The molecule has 1 aromatic heterocycles. The maximum absolute atomic E-state index is 11.3. The highest BCUT2D eigenvalue weighted by atomic mass is 32.1. The topological polar surface area (TPSA) is 38.3 Å². The Morgan fingerprint density at radius 2 is 2.62 bits per heavy atom. The molecule has 0 saturated carbocycles. The molecule has 0 radical (unpaired) electrons. The second-order valence-electron chi connectivity index (χ2n) is 2.97. The zero-order valence-electron chi connectivity index (χ0n) is 7.37. The van der Waals surface area contributed by atoms with Crippen molar-refractivity contribution in [3.63, 3.8) is 0 Å². The Bertz CT molecular complexity index is 321. The molecule has 0 aliphatic carbocycles. The highest BCUT2D eigenvalue weighted by Crippen LogP contribution is 2.28. The van der Waals surface area contributed by atoms with Crippen molar-refractivity contribution in [1.29, 1.82) is 0 Å². The van der Waals surface area contributed by atoms with Crippen LogP contribution in [0.5, 0.6) is 0 Å². The van der Waals surface area contributed by atoms with E-state index in [2.05, 4.69) is 11.4 Å². The average Bonchev–Trinajstić information content (AvgIpc) is 2.63. The van der Waals surface area contributed by atoms with Gasteiger partial charge in [0.15, 0.2) is 0 Å². The SMILES string of the molecule is COC(=O)C1NCCc2ccsc21. The van der Waals surface area contributed by atoms with E-state index in [1.165, 1.54) is 12.7 Å². The van der Waals surface area contributed by atoms with Crippen molar-refractivity contribution in [1.82, 2.24) is 5.32 Å². The number of thiophene rings is 1. The van der Waals surface area contributed by atoms with Crippen LogP contribution in [0.15, 0.2) is 11.4 Å². The number of hydrogen-bond donors (Lipinski definition) is 1. The predicted molar refractivity (Wildman–Crippen MR) is 50.8 cm³/mol. The number of fused-ring (bicyclic) bond motifs is 1. The summed E-state index contributed by atoms with van der Waals surface area (Å²) < 4.78 is 4.72. The number of hydrogen-bond acceptors (Lipinski definition) is 4. The number of nitrogens with one attached hydrogen (secondary N) is 1. The summed E-state index contributed by atoms with van der Waals surface area (Å²) in [5.74, 6) is -0.191. The predicted octanol–water partition coefficient (Wildman–Crippen LogP) is 1.11. The standard InChI is InChI=1S/C9H11NO2S/c1-12-9(11)7-8-6(2-4-10-7)3-5-13-8/h3,5,7,10H,2,4H2,1H3. The van der Waals surface area contributed by atoms with Gasteiger partial charge in [-0.15, -0.1) is 11.3 Å². The second kappa shape index (κ2) is 3.47. The summed E-state index contributed by atoms with van der Waals surface area (Å²) in [5.41, 5.74) is 1.28. The molecule has 1 unspecified atom stereocenters. The van der Waals surface area contributed by atoms with E-state index < -0.39 is 0 Å². The fraction of sp³-hybridized carbons (Fsp3) is 0.444. The number of ether oxygens (including phenoxy) is 1. The molecule has 4 heteroatoms. The van der Waals surface area contributed by atoms with E-state index in [4.69, 9.17) is 4.74 Å². The van der Waals surface area contributed by atoms with Crippen LogP contribution in [0.2, 0.25) is 0 Å². The minimum absolute atomic E-state index is 0.191. The van der Waals surface area contributed by atoms with E-state index in [0.29, 0.717) is 0 Å². The lowest BCUT2D eigenvalue weighted by Gasteiger charge is -2.21. The lowest BCUT2D eigenvalue weighted by molar-refractivity contribution is -0.143. The van der Waals surface area contributed by atoms with Crippen LogP contribution in [-0.2, 0) is 16.0 Å². The van der Waals surface area contributed by atoms with Crippen molar-refractivity contribution >= 4 is 17.3 Å². The molecule has 0 fully saturated rings. The molecule has 1 aliphatic heterocycles. The zero-order valence-corrected chi connectivity index (χ0v) is 8.19. The van der Waals surface area contributed by atoms with Gasteiger partial charge in [-0.2, -0.15) is 0 Å². The van der Waals surface area contributed by atoms with Gasteiger partial charge in [-0.25, -0.2) is 4.79 Å². The second-order valence-corrected chi connectivity index (χ2v) is 3.92. The lowest BCUT2D eigenvalue weighted by Crippen LogP contribution is -2.34. The molecule has 2 heterocycles. The summed E-state index contributed by atoms with van der Waals surface area (Å²) in [7, 11) is 1.42. The first-order chi connectivity index (χ1) is 6.33. The summed E-state index contributed by atoms with van der Waals surface area (Å²) in [6.45, 7) is 0.851. The molecule has 1 N–H and O–H groups in total.